The van der Waals surface area contributed by atoms with E-state index < -0.39 is 0 Å². The topological polar surface area (TPSA) is 24.5 Å². The van der Waals surface area contributed by atoms with Crippen LogP contribution in [0.4, 0.5) is 0 Å². The number of hydrogen-bond donors (Lipinski definition) is 1. The lowest BCUT2D eigenvalue weighted by molar-refractivity contribution is 0.0876. The van der Waals surface area contributed by atoms with Crippen molar-refractivity contribution in [2.75, 3.05) is 27.7 Å². The Labute approximate surface area is 124 Å². The molecule has 0 aliphatic rings. The molecule has 1 aromatic rings. The van der Waals surface area contributed by atoms with E-state index in [9.17, 15) is 0 Å². The van der Waals surface area contributed by atoms with E-state index >= 15 is 0 Å². The molecule has 0 aromatic heterocycles. The Morgan fingerprint density at radius 2 is 1.75 bits per heavy atom. The Bertz CT molecular complexity index is 400. The summed E-state index contributed by atoms with van der Waals surface area (Å²) < 4.78 is 5.58. The first-order chi connectivity index (χ1) is 9.57. The Balaban J connectivity index is 3.34. The lowest BCUT2D eigenvalue weighted by Crippen LogP contribution is -2.53. The maximum Gasteiger partial charge on any atom is 0.123 e. The van der Waals surface area contributed by atoms with E-state index in [0.717, 1.165) is 25.1 Å². The van der Waals surface area contributed by atoms with Crippen LogP contribution in [-0.2, 0) is 0 Å². The van der Waals surface area contributed by atoms with Gasteiger partial charge in [-0.25, -0.2) is 0 Å². The third kappa shape index (κ3) is 3.15. The molecule has 1 rings (SSSR count). The lowest BCUT2D eigenvalue weighted by Gasteiger charge is -2.46. The summed E-state index contributed by atoms with van der Waals surface area (Å²) in [6, 6.07) is 8.60. The van der Waals surface area contributed by atoms with Crippen LogP contribution in [0.2, 0.25) is 0 Å². The number of benzene rings is 1. The van der Waals surface area contributed by atoms with Gasteiger partial charge in [0, 0.05) is 11.1 Å². The number of nitrogens with zero attached hydrogens (tertiary/aromatic N) is 1. The van der Waals surface area contributed by atoms with Crippen LogP contribution in [0.3, 0.4) is 0 Å². The van der Waals surface area contributed by atoms with Gasteiger partial charge in [0.15, 0.2) is 0 Å². The zero-order chi connectivity index (χ0) is 15.2. The summed E-state index contributed by atoms with van der Waals surface area (Å²) >= 11 is 0. The molecular weight excluding hydrogens is 248 g/mol. The highest BCUT2D eigenvalue weighted by Gasteiger charge is 2.39. The van der Waals surface area contributed by atoms with Crippen LogP contribution in [0.15, 0.2) is 24.3 Å². The fraction of sp³-hybridized carbons (Fsp3) is 0.647. The molecule has 0 aliphatic heterocycles. The summed E-state index contributed by atoms with van der Waals surface area (Å²) in [7, 11) is 6.09. The highest BCUT2D eigenvalue weighted by molar-refractivity contribution is 5.38. The largest absolute Gasteiger partial charge is 0.496 e. The van der Waals surface area contributed by atoms with E-state index in [1.54, 1.807) is 7.11 Å². The van der Waals surface area contributed by atoms with Crippen molar-refractivity contribution in [3.05, 3.63) is 29.8 Å². The van der Waals surface area contributed by atoms with Crippen molar-refractivity contribution in [2.45, 2.75) is 45.2 Å². The highest BCUT2D eigenvalue weighted by Crippen LogP contribution is 2.39. The molecule has 114 valence electrons. The molecule has 1 aromatic carbocycles. The van der Waals surface area contributed by atoms with Crippen LogP contribution >= 0.6 is 0 Å². The minimum absolute atomic E-state index is 0.0879. The smallest absolute Gasteiger partial charge is 0.123 e. The van der Waals surface area contributed by atoms with Gasteiger partial charge < -0.3 is 15.0 Å². The van der Waals surface area contributed by atoms with Crippen LogP contribution < -0.4 is 10.1 Å². The molecule has 3 nitrogen and oxygen atoms in total. The van der Waals surface area contributed by atoms with Crippen molar-refractivity contribution in [3.63, 3.8) is 0 Å². The fourth-order valence-electron chi connectivity index (χ4n) is 3.25. The molecule has 20 heavy (non-hydrogen) atoms. The average Bonchev–Trinajstić information content (AvgIpc) is 2.47. The third-order valence-electron chi connectivity index (χ3n) is 4.51. The van der Waals surface area contributed by atoms with Crippen molar-refractivity contribution in [3.8, 4) is 5.75 Å². The molecule has 1 unspecified atom stereocenters. The average molecular weight is 278 g/mol. The van der Waals surface area contributed by atoms with E-state index in [-0.39, 0.29) is 11.6 Å². The summed E-state index contributed by atoms with van der Waals surface area (Å²) in [6.45, 7) is 7.64. The molecule has 1 atom stereocenters. The molecule has 0 saturated heterocycles. The van der Waals surface area contributed by atoms with Gasteiger partial charge in [-0.1, -0.05) is 39.0 Å². The molecule has 0 heterocycles. The molecule has 0 bridgehead atoms. The van der Waals surface area contributed by atoms with Crippen LogP contribution in [0.1, 0.15) is 45.2 Å². The normalized spacial score (nSPS) is 13.6. The molecule has 0 radical (unpaired) electrons. The van der Waals surface area contributed by atoms with E-state index in [4.69, 9.17) is 4.74 Å². The number of likely N-dealkylation sites (N-methyl/N-ethyl adjacent to an activating group) is 2. The molecule has 3 heteroatoms. The Kier molecular flexibility index (Phi) is 6.50. The minimum atomic E-state index is 0.0879. The number of hydrogen-bond acceptors (Lipinski definition) is 3. The molecule has 0 saturated carbocycles. The second-order valence-electron chi connectivity index (χ2n) is 5.44. The van der Waals surface area contributed by atoms with Crippen LogP contribution in [0, 0.1) is 0 Å². The van der Waals surface area contributed by atoms with E-state index in [1.165, 1.54) is 5.56 Å². The number of methoxy groups -OCH3 is 1. The number of para-hydroxylation sites is 1. The summed E-state index contributed by atoms with van der Waals surface area (Å²) in [5.41, 5.74) is 1.33. The van der Waals surface area contributed by atoms with Gasteiger partial charge in [0.1, 0.15) is 5.75 Å². The summed E-state index contributed by atoms with van der Waals surface area (Å²) in [5.74, 6) is 0.964. The molecule has 1 N–H and O–H groups in total. The van der Waals surface area contributed by atoms with E-state index in [0.29, 0.717) is 0 Å². The van der Waals surface area contributed by atoms with Crippen molar-refractivity contribution >= 4 is 0 Å². The Morgan fingerprint density at radius 3 is 2.20 bits per heavy atom. The van der Waals surface area contributed by atoms with Crippen LogP contribution in [0.25, 0.3) is 0 Å². The van der Waals surface area contributed by atoms with Gasteiger partial charge in [-0.15, -0.1) is 0 Å². The van der Waals surface area contributed by atoms with Crippen LogP contribution in [-0.4, -0.2) is 38.2 Å². The van der Waals surface area contributed by atoms with Gasteiger partial charge >= 0.3 is 0 Å². The molecule has 0 aliphatic carbocycles. The quantitative estimate of drug-likeness (QED) is 0.788. The first-order valence-electron chi connectivity index (χ1n) is 7.61. The fourth-order valence-corrected chi connectivity index (χ4v) is 3.25. The second-order valence-corrected chi connectivity index (χ2v) is 5.44. The summed E-state index contributed by atoms with van der Waals surface area (Å²) in [6.07, 6.45) is 2.18. The molecule has 0 fully saturated rings. The Morgan fingerprint density at radius 1 is 1.15 bits per heavy atom. The van der Waals surface area contributed by atoms with Crippen molar-refractivity contribution in [2.24, 2.45) is 0 Å². The molecular formula is C17H30N2O. The zero-order valence-corrected chi connectivity index (χ0v) is 13.9. The first kappa shape index (κ1) is 17.0. The van der Waals surface area contributed by atoms with Gasteiger partial charge in [0.05, 0.1) is 13.2 Å². The van der Waals surface area contributed by atoms with Gasteiger partial charge in [0.2, 0.25) is 0 Å². The maximum absolute atomic E-state index is 5.58. The van der Waals surface area contributed by atoms with Gasteiger partial charge in [0.25, 0.3) is 0 Å². The number of nitrogens with one attached hydrogen (secondary N) is 1. The monoisotopic (exact) mass is 278 g/mol. The van der Waals surface area contributed by atoms with Gasteiger partial charge in [-0.05, 0) is 39.5 Å². The number of rotatable bonds is 8. The number of ether oxygens (including phenoxy) is 1. The van der Waals surface area contributed by atoms with Gasteiger partial charge in [-0.2, -0.15) is 0 Å². The highest BCUT2D eigenvalue weighted by atomic mass is 16.5. The van der Waals surface area contributed by atoms with Crippen molar-refractivity contribution in [1.29, 1.82) is 0 Å². The zero-order valence-electron chi connectivity index (χ0n) is 13.9. The lowest BCUT2D eigenvalue weighted by atomic mass is 9.79. The predicted octanol–water partition coefficient (Wildman–Crippen LogP) is 3.47. The third-order valence-corrected chi connectivity index (χ3v) is 4.51. The van der Waals surface area contributed by atoms with Crippen molar-refractivity contribution in [1.82, 2.24) is 10.2 Å². The molecule has 0 spiro atoms. The van der Waals surface area contributed by atoms with E-state index in [2.05, 4.69) is 57.2 Å². The Hall–Kier alpha value is -1.06. The maximum atomic E-state index is 5.58. The molecule has 0 amide bonds. The standard InChI is InChI=1S/C17H30N2O/c1-7-17(8-2,19(4)5)16(18-9-3)14-12-10-11-13-15(14)20-6/h10-13,16,18H,7-9H2,1-6H3. The summed E-state index contributed by atoms with van der Waals surface area (Å²) in [5, 5.41) is 3.68. The summed E-state index contributed by atoms with van der Waals surface area (Å²) in [4.78, 5) is 2.35. The second kappa shape index (κ2) is 7.65. The van der Waals surface area contributed by atoms with E-state index in [1.807, 2.05) is 12.1 Å². The minimum Gasteiger partial charge on any atom is -0.496 e. The van der Waals surface area contributed by atoms with Gasteiger partial charge in [-0.3, -0.25) is 0 Å². The SMILES string of the molecule is CCNC(c1ccccc1OC)C(CC)(CC)N(C)C. The first-order valence-corrected chi connectivity index (χ1v) is 7.61. The van der Waals surface area contributed by atoms with Crippen LogP contribution in [0.5, 0.6) is 5.75 Å². The predicted molar refractivity (Wildman–Crippen MR) is 86.4 cm³/mol. The van der Waals surface area contributed by atoms with Crippen molar-refractivity contribution < 1.29 is 4.74 Å².